The SMILES string of the molecule is O=[N+]([O-])C1=Cc2cc(Cl)ccc2O[C@H]1c1ccc(Cl)cc1. The second-order valence-corrected chi connectivity index (χ2v) is 5.43. The van der Waals surface area contributed by atoms with Gasteiger partial charge in [0.25, 0.3) is 5.70 Å². The third kappa shape index (κ3) is 2.73. The van der Waals surface area contributed by atoms with Crippen molar-refractivity contribution in [3.05, 3.63) is 79.4 Å². The second kappa shape index (κ2) is 5.39. The number of hydrogen-bond donors (Lipinski definition) is 0. The molecule has 0 spiro atoms. The molecule has 106 valence electrons. The van der Waals surface area contributed by atoms with Crippen LogP contribution in [0.15, 0.2) is 48.2 Å². The molecule has 0 fully saturated rings. The molecule has 0 unspecified atom stereocenters. The summed E-state index contributed by atoms with van der Waals surface area (Å²) in [4.78, 5) is 10.9. The minimum absolute atomic E-state index is 0.0351. The zero-order valence-electron chi connectivity index (χ0n) is 10.6. The number of benzene rings is 2. The largest absolute Gasteiger partial charge is 0.474 e. The maximum absolute atomic E-state index is 11.3. The Morgan fingerprint density at radius 1 is 1.05 bits per heavy atom. The Labute approximate surface area is 130 Å². The minimum atomic E-state index is -0.772. The normalized spacial score (nSPS) is 16.7. The lowest BCUT2D eigenvalue weighted by Gasteiger charge is -2.22. The van der Waals surface area contributed by atoms with Crippen molar-refractivity contribution >= 4 is 29.3 Å². The summed E-state index contributed by atoms with van der Waals surface area (Å²) in [5.41, 5.74) is 1.23. The van der Waals surface area contributed by atoms with Crippen LogP contribution in [0.5, 0.6) is 5.75 Å². The Balaban J connectivity index is 2.08. The van der Waals surface area contributed by atoms with Crippen LogP contribution in [0.25, 0.3) is 6.08 Å². The molecule has 0 bridgehead atoms. The topological polar surface area (TPSA) is 52.4 Å². The summed E-state index contributed by atoms with van der Waals surface area (Å²) < 4.78 is 5.78. The maximum Gasteiger partial charge on any atom is 0.291 e. The van der Waals surface area contributed by atoms with Gasteiger partial charge >= 0.3 is 0 Å². The van der Waals surface area contributed by atoms with Crippen molar-refractivity contribution < 1.29 is 9.66 Å². The first-order chi connectivity index (χ1) is 10.0. The van der Waals surface area contributed by atoms with Crippen LogP contribution >= 0.6 is 23.2 Å². The van der Waals surface area contributed by atoms with E-state index in [1.165, 1.54) is 6.08 Å². The summed E-state index contributed by atoms with van der Waals surface area (Å²) >= 11 is 11.7. The fourth-order valence-electron chi connectivity index (χ4n) is 2.19. The predicted molar refractivity (Wildman–Crippen MR) is 81.2 cm³/mol. The van der Waals surface area contributed by atoms with Gasteiger partial charge in [0.2, 0.25) is 6.10 Å². The highest BCUT2D eigenvalue weighted by molar-refractivity contribution is 6.31. The van der Waals surface area contributed by atoms with Gasteiger partial charge in [0.15, 0.2) is 0 Å². The third-order valence-corrected chi connectivity index (χ3v) is 3.66. The van der Waals surface area contributed by atoms with Crippen LogP contribution in [0.1, 0.15) is 17.2 Å². The Hall–Kier alpha value is -2.04. The number of rotatable bonds is 2. The number of hydrogen-bond acceptors (Lipinski definition) is 3. The van der Waals surface area contributed by atoms with Gasteiger partial charge in [-0.15, -0.1) is 0 Å². The highest BCUT2D eigenvalue weighted by atomic mass is 35.5. The molecule has 4 nitrogen and oxygen atoms in total. The molecule has 0 radical (unpaired) electrons. The molecule has 2 aromatic rings. The molecule has 0 aromatic heterocycles. The minimum Gasteiger partial charge on any atom is -0.474 e. The van der Waals surface area contributed by atoms with E-state index in [0.717, 1.165) is 0 Å². The second-order valence-electron chi connectivity index (χ2n) is 4.56. The van der Waals surface area contributed by atoms with E-state index in [9.17, 15) is 10.1 Å². The molecule has 0 N–H and O–H groups in total. The molecule has 3 rings (SSSR count). The van der Waals surface area contributed by atoms with Crippen molar-refractivity contribution in [1.29, 1.82) is 0 Å². The highest BCUT2D eigenvalue weighted by Crippen LogP contribution is 2.38. The van der Waals surface area contributed by atoms with Gasteiger partial charge in [-0.05, 0) is 30.3 Å². The highest BCUT2D eigenvalue weighted by Gasteiger charge is 2.33. The monoisotopic (exact) mass is 321 g/mol. The molecule has 0 amide bonds. The number of nitrogens with zero attached hydrogens (tertiary/aromatic N) is 1. The van der Waals surface area contributed by atoms with E-state index in [-0.39, 0.29) is 5.70 Å². The van der Waals surface area contributed by atoms with Crippen LogP contribution in [-0.4, -0.2) is 4.92 Å². The van der Waals surface area contributed by atoms with Crippen molar-refractivity contribution in [2.24, 2.45) is 0 Å². The van der Waals surface area contributed by atoms with E-state index in [2.05, 4.69) is 0 Å². The molecule has 21 heavy (non-hydrogen) atoms. The molecular formula is C15H9Cl2NO3. The van der Waals surface area contributed by atoms with E-state index in [1.807, 2.05) is 0 Å². The zero-order chi connectivity index (χ0) is 15.0. The maximum atomic E-state index is 11.3. The number of ether oxygens (including phenoxy) is 1. The van der Waals surface area contributed by atoms with Crippen molar-refractivity contribution in [1.82, 2.24) is 0 Å². The standard InChI is InChI=1S/C15H9Cl2NO3/c16-11-3-1-9(2-4-11)15-13(18(19)20)8-10-7-12(17)5-6-14(10)21-15/h1-8,15H/t15-/m0/s1. The van der Waals surface area contributed by atoms with Crippen LogP contribution in [-0.2, 0) is 0 Å². The Morgan fingerprint density at radius 3 is 2.38 bits per heavy atom. The lowest BCUT2D eigenvalue weighted by atomic mass is 10.0. The van der Waals surface area contributed by atoms with Gasteiger partial charge < -0.3 is 4.74 Å². The van der Waals surface area contributed by atoms with Gasteiger partial charge in [0, 0.05) is 27.2 Å². The number of fused-ring (bicyclic) bond motifs is 1. The Kier molecular flexibility index (Phi) is 3.57. The summed E-state index contributed by atoms with van der Waals surface area (Å²) in [6.45, 7) is 0. The molecule has 0 saturated carbocycles. The van der Waals surface area contributed by atoms with E-state index in [1.54, 1.807) is 42.5 Å². The molecule has 1 aliphatic rings. The van der Waals surface area contributed by atoms with Crippen molar-refractivity contribution in [2.45, 2.75) is 6.10 Å². The molecule has 1 heterocycles. The summed E-state index contributed by atoms with van der Waals surface area (Å²) in [5, 5.41) is 12.4. The van der Waals surface area contributed by atoms with Gasteiger partial charge in [0.1, 0.15) is 5.75 Å². The zero-order valence-corrected chi connectivity index (χ0v) is 12.1. The molecule has 0 aliphatic carbocycles. The summed E-state index contributed by atoms with van der Waals surface area (Å²) in [6, 6.07) is 11.8. The van der Waals surface area contributed by atoms with E-state index in [0.29, 0.717) is 26.9 Å². The molecule has 1 atom stereocenters. The lowest BCUT2D eigenvalue weighted by Crippen LogP contribution is -2.19. The molecule has 0 saturated heterocycles. The van der Waals surface area contributed by atoms with Gasteiger partial charge in [-0.3, -0.25) is 10.1 Å². The van der Waals surface area contributed by atoms with Crippen LogP contribution in [0, 0.1) is 10.1 Å². The Morgan fingerprint density at radius 2 is 1.71 bits per heavy atom. The molecule has 1 aliphatic heterocycles. The summed E-state index contributed by atoms with van der Waals surface area (Å²) in [6.07, 6.45) is 0.718. The summed E-state index contributed by atoms with van der Waals surface area (Å²) in [5.74, 6) is 0.560. The van der Waals surface area contributed by atoms with E-state index < -0.39 is 11.0 Å². The first kappa shape index (κ1) is 13.9. The van der Waals surface area contributed by atoms with Crippen LogP contribution in [0.4, 0.5) is 0 Å². The van der Waals surface area contributed by atoms with Gasteiger partial charge in [-0.1, -0.05) is 35.3 Å². The van der Waals surface area contributed by atoms with Crippen LogP contribution in [0.2, 0.25) is 10.0 Å². The smallest absolute Gasteiger partial charge is 0.291 e. The fraction of sp³-hybridized carbons (Fsp3) is 0.0667. The molecule has 6 heteroatoms. The van der Waals surface area contributed by atoms with Crippen molar-refractivity contribution in [3.63, 3.8) is 0 Å². The fourth-order valence-corrected chi connectivity index (χ4v) is 2.49. The van der Waals surface area contributed by atoms with Gasteiger partial charge in [0.05, 0.1) is 4.92 Å². The third-order valence-electron chi connectivity index (χ3n) is 3.17. The van der Waals surface area contributed by atoms with Gasteiger partial charge in [-0.25, -0.2) is 0 Å². The summed E-state index contributed by atoms with van der Waals surface area (Å²) in [7, 11) is 0. The predicted octanol–water partition coefficient (Wildman–Crippen LogP) is 4.74. The lowest BCUT2D eigenvalue weighted by molar-refractivity contribution is -0.434. The van der Waals surface area contributed by atoms with Crippen LogP contribution in [0.3, 0.4) is 0 Å². The first-order valence-corrected chi connectivity index (χ1v) is 6.88. The number of halogens is 2. The van der Waals surface area contributed by atoms with E-state index in [4.69, 9.17) is 27.9 Å². The quantitative estimate of drug-likeness (QED) is 0.592. The van der Waals surface area contributed by atoms with Crippen molar-refractivity contribution in [2.75, 3.05) is 0 Å². The number of nitro groups is 1. The molecule has 2 aromatic carbocycles. The van der Waals surface area contributed by atoms with Gasteiger partial charge in [-0.2, -0.15) is 0 Å². The van der Waals surface area contributed by atoms with Crippen molar-refractivity contribution in [3.8, 4) is 5.75 Å². The van der Waals surface area contributed by atoms with Crippen LogP contribution < -0.4 is 4.74 Å². The van der Waals surface area contributed by atoms with E-state index >= 15 is 0 Å². The average Bonchev–Trinajstić information content (AvgIpc) is 2.46. The average molecular weight is 322 g/mol. The first-order valence-electron chi connectivity index (χ1n) is 6.12. The molecular weight excluding hydrogens is 313 g/mol. The Bertz CT molecular complexity index is 741.